The molecule has 0 heterocycles. The lowest BCUT2D eigenvalue weighted by Gasteiger charge is -2.19. The van der Waals surface area contributed by atoms with Crippen LogP contribution < -0.4 is 0 Å². The lowest BCUT2D eigenvalue weighted by Crippen LogP contribution is -2.16. The van der Waals surface area contributed by atoms with E-state index in [4.69, 9.17) is 0 Å². The molecular formula is C8H11F3. The SMILES string of the molecule is CC1CC=C(C(F)(F)F)CC1. The summed E-state index contributed by atoms with van der Waals surface area (Å²) < 4.78 is 36.0. The van der Waals surface area contributed by atoms with Gasteiger partial charge in [0, 0.05) is 5.57 Å². The molecule has 3 heteroatoms. The summed E-state index contributed by atoms with van der Waals surface area (Å²) in [5.74, 6) is 0.418. The monoisotopic (exact) mass is 164 g/mol. The van der Waals surface area contributed by atoms with E-state index in [1.165, 1.54) is 6.08 Å². The summed E-state index contributed by atoms with van der Waals surface area (Å²) in [4.78, 5) is 0. The number of hydrogen-bond acceptors (Lipinski definition) is 0. The van der Waals surface area contributed by atoms with E-state index < -0.39 is 6.18 Å². The zero-order valence-electron chi connectivity index (χ0n) is 6.41. The van der Waals surface area contributed by atoms with Crippen molar-refractivity contribution in [1.82, 2.24) is 0 Å². The van der Waals surface area contributed by atoms with Gasteiger partial charge in [0.1, 0.15) is 0 Å². The van der Waals surface area contributed by atoms with Crippen molar-refractivity contribution in [2.75, 3.05) is 0 Å². The molecule has 0 aromatic carbocycles. The maximum Gasteiger partial charge on any atom is 0.412 e. The van der Waals surface area contributed by atoms with Gasteiger partial charge in [-0.25, -0.2) is 0 Å². The molecule has 1 rings (SSSR count). The molecule has 0 radical (unpaired) electrons. The van der Waals surface area contributed by atoms with Gasteiger partial charge in [0.2, 0.25) is 0 Å². The molecule has 0 aromatic rings. The summed E-state index contributed by atoms with van der Waals surface area (Å²) in [6.45, 7) is 1.98. The highest BCUT2D eigenvalue weighted by molar-refractivity contribution is 5.11. The second kappa shape index (κ2) is 2.88. The van der Waals surface area contributed by atoms with E-state index >= 15 is 0 Å². The molecule has 0 saturated carbocycles. The minimum atomic E-state index is -4.08. The van der Waals surface area contributed by atoms with Crippen LogP contribution in [-0.2, 0) is 0 Å². The van der Waals surface area contributed by atoms with E-state index in [0.29, 0.717) is 18.8 Å². The molecule has 0 amide bonds. The van der Waals surface area contributed by atoms with Gasteiger partial charge in [-0.05, 0) is 25.2 Å². The van der Waals surface area contributed by atoms with Crippen LogP contribution in [0.1, 0.15) is 26.2 Å². The Labute approximate surface area is 64.1 Å². The van der Waals surface area contributed by atoms with Crippen LogP contribution in [-0.4, -0.2) is 6.18 Å². The predicted octanol–water partition coefficient (Wildman–Crippen LogP) is 3.30. The van der Waals surface area contributed by atoms with Gasteiger partial charge < -0.3 is 0 Å². The Morgan fingerprint density at radius 3 is 2.45 bits per heavy atom. The Morgan fingerprint density at radius 1 is 1.45 bits per heavy atom. The van der Waals surface area contributed by atoms with Crippen LogP contribution in [0, 0.1) is 5.92 Å². The first kappa shape index (κ1) is 8.62. The average molecular weight is 164 g/mol. The zero-order valence-corrected chi connectivity index (χ0v) is 6.41. The van der Waals surface area contributed by atoms with Gasteiger partial charge >= 0.3 is 6.18 Å². The molecule has 1 atom stereocenters. The van der Waals surface area contributed by atoms with E-state index in [0.717, 1.165) is 0 Å². The fourth-order valence-corrected chi connectivity index (χ4v) is 1.22. The lowest BCUT2D eigenvalue weighted by atomic mass is 9.91. The minimum absolute atomic E-state index is 0.199. The molecule has 0 N–H and O–H groups in total. The van der Waals surface area contributed by atoms with Crippen molar-refractivity contribution in [2.24, 2.45) is 5.92 Å². The van der Waals surface area contributed by atoms with Gasteiger partial charge in [-0.15, -0.1) is 0 Å². The fourth-order valence-electron chi connectivity index (χ4n) is 1.22. The standard InChI is InChI=1S/C8H11F3/c1-6-2-4-7(5-3-6)8(9,10)11/h4,6H,2-3,5H2,1H3. The van der Waals surface area contributed by atoms with E-state index in [-0.39, 0.29) is 12.0 Å². The maximum absolute atomic E-state index is 12.0. The molecule has 0 aromatic heterocycles. The normalized spacial score (nSPS) is 26.5. The zero-order chi connectivity index (χ0) is 8.48. The smallest absolute Gasteiger partial charge is 0.166 e. The largest absolute Gasteiger partial charge is 0.412 e. The van der Waals surface area contributed by atoms with Gasteiger partial charge in [-0.1, -0.05) is 13.0 Å². The summed E-state index contributed by atoms with van der Waals surface area (Å²) in [7, 11) is 0. The van der Waals surface area contributed by atoms with Crippen LogP contribution in [0.15, 0.2) is 11.6 Å². The summed E-state index contributed by atoms with van der Waals surface area (Å²) in [6, 6.07) is 0. The van der Waals surface area contributed by atoms with Gasteiger partial charge in [0.25, 0.3) is 0 Å². The van der Waals surface area contributed by atoms with Crippen LogP contribution in [0.3, 0.4) is 0 Å². The van der Waals surface area contributed by atoms with Gasteiger partial charge in [-0.3, -0.25) is 0 Å². The number of hydrogen-bond donors (Lipinski definition) is 0. The predicted molar refractivity (Wildman–Crippen MR) is 37.2 cm³/mol. The van der Waals surface area contributed by atoms with E-state index in [9.17, 15) is 13.2 Å². The van der Waals surface area contributed by atoms with Crippen molar-refractivity contribution < 1.29 is 13.2 Å². The third-order valence-electron chi connectivity index (χ3n) is 2.04. The quantitative estimate of drug-likeness (QED) is 0.482. The van der Waals surface area contributed by atoms with Crippen molar-refractivity contribution in [3.05, 3.63) is 11.6 Å². The number of allylic oxidation sites excluding steroid dienone is 2. The average Bonchev–Trinajstić information content (AvgIpc) is 1.86. The Balaban J connectivity index is 2.62. The lowest BCUT2D eigenvalue weighted by molar-refractivity contribution is -0.0955. The molecule has 0 aliphatic heterocycles. The number of alkyl halides is 3. The molecule has 11 heavy (non-hydrogen) atoms. The summed E-state index contributed by atoms with van der Waals surface area (Å²) in [5.41, 5.74) is -0.337. The van der Waals surface area contributed by atoms with Crippen LogP contribution in [0.2, 0.25) is 0 Å². The maximum atomic E-state index is 12.0. The molecule has 0 spiro atoms. The minimum Gasteiger partial charge on any atom is -0.166 e. The van der Waals surface area contributed by atoms with Crippen molar-refractivity contribution in [3.8, 4) is 0 Å². The van der Waals surface area contributed by atoms with E-state index in [1.807, 2.05) is 6.92 Å². The summed E-state index contributed by atoms with van der Waals surface area (Å²) in [5, 5.41) is 0. The highest BCUT2D eigenvalue weighted by atomic mass is 19.4. The van der Waals surface area contributed by atoms with E-state index in [2.05, 4.69) is 0 Å². The third kappa shape index (κ3) is 2.24. The third-order valence-corrected chi connectivity index (χ3v) is 2.04. The molecule has 0 saturated heterocycles. The topological polar surface area (TPSA) is 0 Å². The molecule has 0 bridgehead atoms. The van der Waals surface area contributed by atoms with Gasteiger partial charge in [-0.2, -0.15) is 13.2 Å². The van der Waals surface area contributed by atoms with E-state index in [1.54, 1.807) is 0 Å². The second-order valence-corrected chi connectivity index (χ2v) is 3.11. The fraction of sp³-hybridized carbons (Fsp3) is 0.750. The van der Waals surface area contributed by atoms with Crippen molar-refractivity contribution in [2.45, 2.75) is 32.4 Å². The summed E-state index contributed by atoms with van der Waals surface area (Å²) >= 11 is 0. The Kier molecular flexibility index (Phi) is 2.25. The molecule has 0 nitrogen and oxygen atoms in total. The molecule has 1 unspecified atom stereocenters. The highest BCUT2D eigenvalue weighted by Gasteiger charge is 2.34. The highest BCUT2D eigenvalue weighted by Crippen LogP contribution is 2.34. The van der Waals surface area contributed by atoms with Gasteiger partial charge in [0.15, 0.2) is 0 Å². The van der Waals surface area contributed by atoms with Crippen LogP contribution in [0.5, 0.6) is 0 Å². The van der Waals surface area contributed by atoms with Gasteiger partial charge in [0.05, 0.1) is 0 Å². The molecule has 0 fully saturated rings. The number of rotatable bonds is 0. The summed E-state index contributed by atoms with van der Waals surface area (Å²) in [6.07, 6.45) is -1.31. The van der Waals surface area contributed by atoms with Crippen molar-refractivity contribution in [1.29, 1.82) is 0 Å². The van der Waals surface area contributed by atoms with Crippen LogP contribution in [0.25, 0.3) is 0 Å². The van der Waals surface area contributed by atoms with Crippen molar-refractivity contribution >= 4 is 0 Å². The van der Waals surface area contributed by atoms with Crippen LogP contribution in [0.4, 0.5) is 13.2 Å². The molecular weight excluding hydrogens is 153 g/mol. The first-order valence-electron chi connectivity index (χ1n) is 3.76. The first-order chi connectivity index (χ1) is 5.00. The first-order valence-corrected chi connectivity index (χ1v) is 3.76. The Hall–Kier alpha value is -0.470. The Bertz CT molecular complexity index is 167. The van der Waals surface area contributed by atoms with Crippen LogP contribution >= 0.6 is 0 Å². The van der Waals surface area contributed by atoms with Crippen molar-refractivity contribution in [3.63, 3.8) is 0 Å². The molecule has 1 aliphatic rings. The molecule has 64 valence electrons. The Morgan fingerprint density at radius 2 is 2.09 bits per heavy atom. The second-order valence-electron chi connectivity index (χ2n) is 3.11. The molecule has 1 aliphatic carbocycles. The number of halogens is 3.